The van der Waals surface area contributed by atoms with Crippen LogP contribution in [0.1, 0.15) is 38.2 Å². The number of hydrogen-bond acceptors (Lipinski definition) is 3. The minimum atomic E-state index is -0.597. The summed E-state index contributed by atoms with van der Waals surface area (Å²) in [5, 5.41) is 7.73. The molecule has 0 atom stereocenters. The van der Waals surface area contributed by atoms with Crippen LogP contribution < -0.4 is 10.2 Å². The van der Waals surface area contributed by atoms with Crippen LogP contribution in [0.2, 0.25) is 0 Å². The molecule has 0 saturated carbocycles. The Morgan fingerprint density at radius 1 is 1.24 bits per heavy atom. The van der Waals surface area contributed by atoms with Gasteiger partial charge in [0.15, 0.2) is 0 Å². The average Bonchev–Trinajstić information content (AvgIpc) is 3.16. The zero-order chi connectivity index (χ0) is 17.2. The molecular formula is C19H27ClN4O. The lowest BCUT2D eigenvalue weighted by atomic mass is 9.86. The van der Waals surface area contributed by atoms with E-state index < -0.39 is 5.54 Å². The quantitative estimate of drug-likeness (QED) is 0.908. The second-order valence-electron chi connectivity index (χ2n) is 6.84. The van der Waals surface area contributed by atoms with Crippen molar-refractivity contribution >= 4 is 24.0 Å². The first-order valence-corrected chi connectivity index (χ1v) is 8.63. The SMILES string of the molecule is CC(C)c1ccc(N(C)C(=O)C2(n3cccn3)CCNCC2)cc1.Cl. The van der Waals surface area contributed by atoms with Crippen LogP contribution in [0.5, 0.6) is 0 Å². The van der Waals surface area contributed by atoms with Crippen LogP contribution in [0.25, 0.3) is 0 Å². The van der Waals surface area contributed by atoms with Crippen molar-refractivity contribution in [2.75, 3.05) is 25.0 Å². The number of aromatic nitrogens is 2. The molecule has 3 rings (SSSR count). The lowest BCUT2D eigenvalue weighted by Gasteiger charge is -2.39. The van der Waals surface area contributed by atoms with E-state index >= 15 is 0 Å². The van der Waals surface area contributed by atoms with Crippen molar-refractivity contribution in [2.24, 2.45) is 0 Å². The summed E-state index contributed by atoms with van der Waals surface area (Å²) in [6, 6.07) is 10.2. The molecule has 25 heavy (non-hydrogen) atoms. The van der Waals surface area contributed by atoms with E-state index in [0.29, 0.717) is 5.92 Å². The van der Waals surface area contributed by atoms with Gasteiger partial charge in [0.05, 0.1) is 0 Å². The van der Waals surface area contributed by atoms with E-state index in [1.54, 1.807) is 11.1 Å². The summed E-state index contributed by atoms with van der Waals surface area (Å²) in [5.74, 6) is 0.588. The summed E-state index contributed by atoms with van der Waals surface area (Å²) in [6.07, 6.45) is 5.15. The minimum Gasteiger partial charge on any atom is -0.317 e. The largest absolute Gasteiger partial charge is 0.317 e. The van der Waals surface area contributed by atoms with Gasteiger partial charge in [0.25, 0.3) is 5.91 Å². The molecule has 0 radical (unpaired) electrons. The minimum absolute atomic E-state index is 0. The molecule has 2 aromatic rings. The molecule has 1 aromatic carbocycles. The number of nitrogens with zero attached hydrogens (tertiary/aromatic N) is 3. The molecule has 0 bridgehead atoms. The number of carbonyl (C=O) groups excluding carboxylic acids is 1. The Hall–Kier alpha value is -1.85. The molecule has 1 aliphatic rings. The highest BCUT2D eigenvalue weighted by atomic mass is 35.5. The van der Waals surface area contributed by atoms with Crippen molar-refractivity contribution in [3.8, 4) is 0 Å². The Kier molecular flexibility index (Phi) is 6.25. The number of rotatable bonds is 4. The lowest BCUT2D eigenvalue weighted by molar-refractivity contribution is -0.128. The van der Waals surface area contributed by atoms with Crippen molar-refractivity contribution in [2.45, 2.75) is 38.1 Å². The lowest BCUT2D eigenvalue weighted by Crippen LogP contribution is -2.55. The van der Waals surface area contributed by atoms with Crippen LogP contribution in [0.15, 0.2) is 42.7 Å². The van der Waals surface area contributed by atoms with Crippen LogP contribution in [0.3, 0.4) is 0 Å². The Morgan fingerprint density at radius 2 is 1.88 bits per heavy atom. The van der Waals surface area contributed by atoms with Crippen molar-refractivity contribution in [3.63, 3.8) is 0 Å². The van der Waals surface area contributed by atoms with Gasteiger partial charge in [-0.2, -0.15) is 5.10 Å². The normalized spacial score (nSPS) is 16.3. The number of carbonyl (C=O) groups is 1. The van der Waals surface area contributed by atoms with E-state index in [-0.39, 0.29) is 18.3 Å². The van der Waals surface area contributed by atoms with Gasteiger partial charge in [-0.3, -0.25) is 9.48 Å². The first-order chi connectivity index (χ1) is 11.5. The Balaban J connectivity index is 0.00000225. The first kappa shape index (κ1) is 19.5. The van der Waals surface area contributed by atoms with E-state index in [9.17, 15) is 4.79 Å². The highest BCUT2D eigenvalue weighted by Crippen LogP contribution is 2.31. The molecule has 0 spiro atoms. The molecular weight excluding hydrogens is 336 g/mol. The van der Waals surface area contributed by atoms with Gasteiger partial charge < -0.3 is 10.2 Å². The molecule has 6 heteroatoms. The van der Waals surface area contributed by atoms with E-state index in [0.717, 1.165) is 31.6 Å². The van der Waals surface area contributed by atoms with Crippen LogP contribution in [0.4, 0.5) is 5.69 Å². The second-order valence-corrected chi connectivity index (χ2v) is 6.84. The second kappa shape index (κ2) is 8.02. The summed E-state index contributed by atoms with van der Waals surface area (Å²) in [6.45, 7) is 5.99. The highest BCUT2D eigenvalue weighted by Gasteiger charge is 2.43. The van der Waals surface area contributed by atoms with E-state index in [1.807, 2.05) is 36.1 Å². The standard InChI is InChI=1S/C19H26N4O.ClH/c1-15(2)16-5-7-17(8-6-16)22(3)18(24)19(9-12-20-13-10-19)23-14-4-11-21-23;/h4-8,11,14-15,20H,9-10,12-13H2,1-3H3;1H. The third kappa shape index (κ3) is 3.72. The fourth-order valence-corrected chi connectivity index (χ4v) is 3.42. The summed E-state index contributed by atoms with van der Waals surface area (Å²) in [7, 11) is 1.86. The molecule has 1 aliphatic heterocycles. The van der Waals surface area contributed by atoms with Crippen LogP contribution in [-0.4, -0.2) is 35.8 Å². The monoisotopic (exact) mass is 362 g/mol. The van der Waals surface area contributed by atoms with Crippen LogP contribution >= 0.6 is 12.4 Å². The van der Waals surface area contributed by atoms with Crippen molar-refractivity contribution in [1.29, 1.82) is 0 Å². The number of halogens is 1. The summed E-state index contributed by atoms with van der Waals surface area (Å²) >= 11 is 0. The maximum atomic E-state index is 13.4. The summed E-state index contributed by atoms with van der Waals surface area (Å²) in [4.78, 5) is 15.1. The van der Waals surface area contributed by atoms with Crippen molar-refractivity contribution in [1.82, 2.24) is 15.1 Å². The maximum absolute atomic E-state index is 13.4. The zero-order valence-corrected chi connectivity index (χ0v) is 15.9. The number of likely N-dealkylation sites (N-methyl/N-ethyl adjacent to an activating group) is 1. The zero-order valence-electron chi connectivity index (χ0n) is 15.1. The topological polar surface area (TPSA) is 50.2 Å². The van der Waals surface area contributed by atoms with Gasteiger partial charge in [0.1, 0.15) is 5.54 Å². The highest BCUT2D eigenvalue weighted by molar-refractivity contribution is 5.98. The number of benzene rings is 1. The first-order valence-electron chi connectivity index (χ1n) is 8.63. The molecule has 0 unspecified atom stereocenters. The van der Waals surface area contributed by atoms with E-state index in [1.165, 1.54) is 5.56 Å². The fourth-order valence-electron chi connectivity index (χ4n) is 3.42. The smallest absolute Gasteiger partial charge is 0.254 e. The third-order valence-corrected chi connectivity index (χ3v) is 5.02. The molecule has 5 nitrogen and oxygen atoms in total. The molecule has 1 fully saturated rings. The Morgan fingerprint density at radius 3 is 2.40 bits per heavy atom. The third-order valence-electron chi connectivity index (χ3n) is 5.02. The van der Waals surface area contributed by atoms with Crippen LogP contribution in [-0.2, 0) is 10.3 Å². The van der Waals surface area contributed by atoms with E-state index in [2.05, 4.69) is 36.4 Å². The van der Waals surface area contributed by atoms with Gasteiger partial charge in [0, 0.05) is 25.1 Å². The van der Waals surface area contributed by atoms with Gasteiger partial charge in [-0.15, -0.1) is 12.4 Å². The van der Waals surface area contributed by atoms with Gasteiger partial charge in [-0.1, -0.05) is 26.0 Å². The van der Waals surface area contributed by atoms with Crippen molar-refractivity contribution < 1.29 is 4.79 Å². The molecule has 0 aliphatic carbocycles. The summed E-state index contributed by atoms with van der Waals surface area (Å²) in [5.41, 5.74) is 1.61. The molecule has 1 N–H and O–H groups in total. The fraction of sp³-hybridized carbons (Fsp3) is 0.474. The molecule has 2 heterocycles. The number of hydrogen-bond donors (Lipinski definition) is 1. The molecule has 1 saturated heterocycles. The molecule has 1 amide bonds. The predicted octanol–water partition coefficient (Wildman–Crippen LogP) is 3.17. The van der Waals surface area contributed by atoms with Crippen LogP contribution in [0, 0.1) is 0 Å². The van der Waals surface area contributed by atoms with Crippen molar-refractivity contribution in [3.05, 3.63) is 48.3 Å². The Labute approximate surface area is 155 Å². The number of amides is 1. The molecule has 136 valence electrons. The molecule has 1 aromatic heterocycles. The number of nitrogens with one attached hydrogen (secondary N) is 1. The van der Waals surface area contributed by atoms with Gasteiger partial charge >= 0.3 is 0 Å². The number of anilines is 1. The Bertz CT molecular complexity index is 676. The van der Waals surface area contributed by atoms with Gasteiger partial charge in [-0.05, 0) is 55.6 Å². The average molecular weight is 363 g/mol. The maximum Gasteiger partial charge on any atom is 0.254 e. The van der Waals surface area contributed by atoms with Gasteiger partial charge in [0.2, 0.25) is 0 Å². The van der Waals surface area contributed by atoms with E-state index in [4.69, 9.17) is 0 Å². The van der Waals surface area contributed by atoms with Gasteiger partial charge in [-0.25, -0.2) is 0 Å². The number of piperidine rings is 1. The summed E-state index contributed by atoms with van der Waals surface area (Å²) < 4.78 is 1.84. The predicted molar refractivity (Wildman–Crippen MR) is 103 cm³/mol.